The SMILES string of the molecule is Ic1ccc(CN2CCCNCC2)cc1. The molecule has 2 rings (SSSR count). The number of rotatable bonds is 2. The highest BCUT2D eigenvalue weighted by atomic mass is 127. The molecule has 15 heavy (non-hydrogen) atoms. The molecule has 0 atom stereocenters. The molecule has 1 aromatic carbocycles. The van der Waals surface area contributed by atoms with Gasteiger partial charge in [0.15, 0.2) is 0 Å². The maximum atomic E-state index is 3.43. The Hall–Kier alpha value is -0.130. The van der Waals surface area contributed by atoms with Gasteiger partial charge in [0.05, 0.1) is 0 Å². The lowest BCUT2D eigenvalue weighted by atomic mass is 10.2. The summed E-state index contributed by atoms with van der Waals surface area (Å²) < 4.78 is 1.31. The molecule has 2 nitrogen and oxygen atoms in total. The molecule has 1 N–H and O–H groups in total. The van der Waals surface area contributed by atoms with Crippen LogP contribution in [0, 0.1) is 3.57 Å². The molecule has 1 aliphatic heterocycles. The summed E-state index contributed by atoms with van der Waals surface area (Å²) >= 11 is 2.35. The Bertz CT molecular complexity index is 289. The van der Waals surface area contributed by atoms with E-state index >= 15 is 0 Å². The number of hydrogen-bond acceptors (Lipinski definition) is 2. The van der Waals surface area contributed by atoms with Crippen LogP contribution in [-0.4, -0.2) is 31.1 Å². The van der Waals surface area contributed by atoms with Crippen molar-refractivity contribution in [3.05, 3.63) is 33.4 Å². The maximum Gasteiger partial charge on any atom is 0.0234 e. The van der Waals surface area contributed by atoms with Crippen LogP contribution in [-0.2, 0) is 6.54 Å². The van der Waals surface area contributed by atoms with Gasteiger partial charge in [-0.25, -0.2) is 0 Å². The van der Waals surface area contributed by atoms with E-state index in [4.69, 9.17) is 0 Å². The molecular weight excluding hydrogens is 299 g/mol. The highest BCUT2D eigenvalue weighted by Gasteiger charge is 2.08. The molecule has 0 aliphatic carbocycles. The normalized spacial score (nSPS) is 18.7. The molecule has 1 heterocycles. The number of nitrogens with zero attached hydrogens (tertiary/aromatic N) is 1. The summed E-state index contributed by atoms with van der Waals surface area (Å²) in [5.41, 5.74) is 1.43. The van der Waals surface area contributed by atoms with E-state index in [2.05, 4.69) is 57.1 Å². The van der Waals surface area contributed by atoms with E-state index in [0.29, 0.717) is 0 Å². The molecule has 0 aromatic heterocycles. The minimum Gasteiger partial charge on any atom is -0.315 e. The quantitative estimate of drug-likeness (QED) is 0.841. The third-order valence-electron chi connectivity index (χ3n) is 2.75. The molecule has 1 aliphatic rings. The van der Waals surface area contributed by atoms with Crippen molar-refractivity contribution in [2.75, 3.05) is 26.2 Å². The highest BCUT2D eigenvalue weighted by Crippen LogP contribution is 2.09. The molecule has 0 unspecified atom stereocenters. The zero-order chi connectivity index (χ0) is 10.5. The van der Waals surface area contributed by atoms with Gasteiger partial charge in [0.25, 0.3) is 0 Å². The third-order valence-corrected chi connectivity index (χ3v) is 3.47. The van der Waals surface area contributed by atoms with E-state index in [1.165, 1.54) is 35.2 Å². The van der Waals surface area contributed by atoms with Gasteiger partial charge in [-0.1, -0.05) is 12.1 Å². The molecule has 1 aromatic rings. The van der Waals surface area contributed by atoms with Gasteiger partial charge < -0.3 is 5.32 Å². The topological polar surface area (TPSA) is 15.3 Å². The maximum absolute atomic E-state index is 3.43. The molecule has 1 fully saturated rings. The Balaban J connectivity index is 1.92. The second-order valence-corrected chi connectivity index (χ2v) is 5.25. The predicted octanol–water partition coefficient (Wildman–Crippen LogP) is 2.09. The monoisotopic (exact) mass is 316 g/mol. The standard InChI is InChI=1S/C12H17IN2/c13-12-4-2-11(3-5-12)10-15-8-1-6-14-7-9-15/h2-5,14H,1,6-10H2. The van der Waals surface area contributed by atoms with Crippen LogP contribution in [0.25, 0.3) is 0 Å². The fraction of sp³-hybridized carbons (Fsp3) is 0.500. The van der Waals surface area contributed by atoms with Crippen molar-refractivity contribution in [2.45, 2.75) is 13.0 Å². The fourth-order valence-electron chi connectivity index (χ4n) is 1.91. The van der Waals surface area contributed by atoms with Crippen LogP contribution in [0.4, 0.5) is 0 Å². The van der Waals surface area contributed by atoms with Crippen molar-refractivity contribution < 1.29 is 0 Å². The first-order valence-corrected chi connectivity index (χ1v) is 6.60. The molecular formula is C12H17IN2. The minimum atomic E-state index is 1.10. The molecule has 0 radical (unpaired) electrons. The summed E-state index contributed by atoms with van der Waals surface area (Å²) in [5.74, 6) is 0. The molecule has 0 amide bonds. The molecule has 0 saturated carbocycles. The Kier molecular flexibility index (Phi) is 4.41. The summed E-state index contributed by atoms with van der Waals surface area (Å²) in [7, 11) is 0. The minimum absolute atomic E-state index is 1.10. The van der Waals surface area contributed by atoms with Crippen molar-refractivity contribution >= 4 is 22.6 Å². The first-order chi connectivity index (χ1) is 7.34. The van der Waals surface area contributed by atoms with E-state index < -0.39 is 0 Å². The van der Waals surface area contributed by atoms with E-state index in [1.807, 2.05) is 0 Å². The van der Waals surface area contributed by atoms with Gasteiger partial charge in [0.2, 0.25) is 0 Å². The molecule has 82 valence electrons. The fourth-order valence-corrected chi connectivity index (χ4v) is 2.27. The van der Waals surface area contributed by atoms with E-state index in [1.54, 1.807) is 0 Å². The van der Waals surface area contributed by atoms with E-state index in [0.717, 1.165) is 13.1 Å². The van der Waals surface area contributed by atoms with Crippen LogP contribution in [0.1, 0.15) is 12.0 Å². The van der Waals surface area contributed by atoms with Crippen molar-refractivity contribution in [2.24, 2.45) is 0 Å². The van der Waals surface area contributed by atoms with Crippen molar-refractivity contribution in [1.29, 1.82) is 0 Å². The Morgan fingerprint density at radius 3 is 2.73 bits per heavy atom. The van der Waals surface area contributed by atoms with Crippen molar-refractivity contribution in [1.82, 2.24) is 10.2 Å². The lowest BCUT2D eigenvalue weighted by Gasteiger charge is -2.19. The number of hydrogen-bond donors (Lipinski definition) is 1. The predicted molar refractivity (Wildman–Crippen MR) is 71.9 cm³/mol. The van der Waals surface area contributed by atoms with Gasteiger partial charge in [0.1, 0.15) is 0 Å². The molecule has 1 saturated heterocycles. The second-order valence-electron chi connectivity index (χ2n) is 4.01. The van der Waals surface area contributed by atoms with Crippen molar-refractivity contribution in [3.63, 3.8) is 0 Å². The highest BCUT2D eigenvalue weighted by molar-refractivity contribution is 14.1. The summed E-state index contributed by atoms with van der Waals surface area (Å²) in [6.45, 7) is 5.79. The van der Waals surface area contributed by atoms with Gasteiger partial charge in [-0.3, -0.25) is 4.90 Å². The summed E-state index contributed by atoms with van der Waals surface area (Å²) in [4.78, 5) is 2.53. The van der Waals surface area contributed by atoms with Gasteiger partial charge in [-0.2, -0.15) is 0 Å². The molecule has 0 bridgehead atoms. The zero-order valence-electron chi connectivity index (χ0n) is 8.88. The van der Waals surface area contributed by atoms with E-state index in [-0.39, 0.29) is 0 Å². The van der Waals surface area contributed by atoms with Crippen LogP contribution in [0.2, 0.25) is 0 Å². The third kappa shape index (κ3) is 3.74. The van der Waals surface area contributed by atoms with Crippen molar-refractivity contribution in [3.8, 4) is 0 Å². The van der Waals surface area contributed by atoms with Gasteiger partial charge in [-0.15, -0.1) is 0 Å². The summed E-state index contributed by atoms with van der Waals surface area (Å²) in [5, 5.41) is 3.43. The van der Waals surface area contributed by atoms with Crippen LogP contribution in [0.3, 0.4) is 0 Å². The van der Waals surface area contributed by atoms with Crippen LogP contribution in [0.15, 0.2) is 24.3 Å². The average Bonchev–Trinajstić information content (AvgIpc) is 2.50. The lowest BCUT2D eigenvalue weighted by Crippen LogP contribution is -2.27. The zero-order valence-corrected chi connectivity index (χ0v) is 11.0. The Morgan fingerprint density at radius 1 is 1.13 bits per heavy atom. The Labute approximate surface area is 105 Å². The second kappa shape index (κ2) is 5.82. The summed E-state index contributed by atoms with van der Waals surface area (Å²) in [6, 6.07) is 8.85. The summed E-state index contributed by atoms with van der Waals surface area (Å²) in [6.07, 6.45) is 1.27. The Morgan fingerprint density at radius 2 is 1.93 bits per heavy atom. The first kappa shape index (κ1) is 11.4. The van der Waals surface area contributed by atoms with Crippen LogP contribution >= 0.6 is 22.6 Å². The molecule has 3 heteroatoms. The van der Waals surface area contributed by atoms with Gasteiger partial charge >= 0.3 is 0 Å². The van der Waals surface area contributed by atoms with Crippen LogP contribution < -0.4 is 5.32 Å². The van der Waals surface area contributed by atoms with E-state index in [9.17, 15) is 0 Å². The number of halogens is 1. The molecule has 0 spiro atoms. The number of benzene rings is 1. The average molecular weight is 316 g/mol. The number of nitrogens with one attached hydrogen (secondary N) is 1. The smallest absolute Gasteiger partial charge is 0.0234 e. The first-order valence-electron chi connectivity index (χ1n) is 5.52. The largest absolute Gasteiger partial charge is 0.315 e. The van der Waals surface area contributed by atoms with Gasteiger partial charge in [0, 0.05) is 23.2 Å². The lowest BCUT2D eigenvalue weighted by molar-refractivity contribution is 0.284. The van der Waals surface area contributed by atoms with Gasteiger partial charge in [-0.05, 0) is 59.8 Å². The van der Waals surface area contributed by atoms with Crippen LogP contribution in [0.5, 0.6) is 0 Å².